The molecule has 1 unspecified atom stereocenters. The number of pyridine rings is 1. The number of likely N-dealkylation sites (tertiary alicyclic amines) is 1. The summed E-state index contributed by atoms with van der Waals surface area (Å²) in [7, 11) is -3.56. The fourth-order valence-electron chi connectivity index (χ4n) is 3.97. The fourth-order valence-corrected chi connectivity index (χ4v) is 5.37. The zero-order valence-electron chi connectivity index (χ0n) is 16.2. The number of piperidine rings is 1. The minimum atomic E-state index is -3.56. The Morgan fingerprint density at radius 1 is 1.03 bits per heavy atom. The maximum Gasteiger partial charge on any atom is 0.254 e. The number of ether oxygens (including phenoxy) is 1. The molecule has 1 atom stereocenters. The first-order chi connectivity index (χ1) is 14.1. The molecule has 0 N–H and O–H groups in total. The van der Waals surface area contributed by atoms with Crippen molar-refractivity contribution in [2.45, 2.75) is 30.2 Å². The third kappa shape index (κ3) is 4.19. The highest BCUT2D eigenvalue weighted by Crippen LogP contribution is 2.32. The summed E-state index contributed by atoms with van der Waals surface area (Å²) in [4.78, 5) is 19.5. The van der Waals surface area contributed by atoms with Crippen molar-refractivity contribution in [3.63, 3.8) is 0 Å². The number of carbonyl (C=O) groups excluding carboxylic acids is 1. The molecule has 2 aromatic rings. The quantitative estimate of drug-likeness (QED) is 0.766. The van der Waals surface area contributed by atoms with Crippen LogP contribution in [0.2, 0.25) is 0 Å². The first kappa shape index (κ1) is 20.0. The third-order valence-corrected chi connectivity index (χ3v) is 7.45. The molecule has 0 saturated carbocycles. The van der Waals surface area contributed by atoms with Gasteiger partial charge in [-0.15, -0.1) is 0 Å². The van der Waals surface area contributed by atoms with Gasteiger partial charge in [-0.1, -0.05) is 6.07 Å². The average molecular weight is 416 g/mol. The maximum atomic E-state index is 13.2. The van der Waals surface area contributed by atoms with E-state index in [9.17, 15) is 13.2 Å². The predicted molar refractivity (Wildman–Crippen MR) is 108 cm³/mol. The molecule has 0 spiro atoms. The van der Waals surface area contributed by atoms with Gasteiger partial charge in [0, 0.05) is 37.6 Å². The van der Waals surface area contributed by atoms with Crippen molar-refractivity contribution < 1.29 is 17.9 Å². The number of amides is 1. The Labute approximate surface area is 171 Å². The highest BCUT2D eigenvalue weighted by molar-refractivity contribution is 7.89. The topological polar surface area (TPSA) is 79.8 Å². The Kier molecular flexibility index (Phi) is 5.94. The Hall–Kier alpha value is -2.29. The van der Waals surface area contributed by atoms with Crippen molar-refractivity contribution in [2.75, 3.05) is 32.8 Å². The van der Waals surface area contributed by atoms with Crippen molar-refractivity contribution in [1.29, 1.82) is 0 Å². The van der Waals surface area contributed by atoms with Crippen LogP contribution in [-0.4, -0.2) is 61.4 Å². The van der Waals surface area contributed by atoms with E-state index in [1.165, 1.54) is 16.4 Å². The van der Waals surface area contributed by atoms with Gasteiger partial charge in [0.1, 0.15) is 0 Å². The zero-order valence-corrected chi connectivity index (χ0v) is 17.1. The van der Waals surface area contributed by atoms with Crippen molar-refractivity contribution in [3.05, 3.63) is 59.9 Å². The summed E-state index contributed by atoms with van der Waals surface area (Å²) in [5.74, 6) is -0.0751. The molecule has 3 heterocycles. The minimum Gasteiger partial charge on any atom is -0.379 e. The molecule has 2 fully saturated rings. The van der Waals surface area contributed by atoms with E-state index in [0.717, 1.165) is 24.8 Å². The van der Waals surface area contributed by atoms with E-state index in [2.05, 4.69) is 4.98 Å². The molecule has 1 aromatic heterocycles. The van der Waals surface area contributed by atoms with Crippen molar-refractivity contribution in [2.24, 2.45) is 0 Å². The van der Waals surface area contributed by atoms with Gasteiger partial charge in [0.25, 0.3) is 5.91 Å². The summed E-state index contributed by atoms with van der Waals surface area (Å²) < 4.78 is 32.2. The van der Waals surface area contributed by atoms with Gasteiger partial charge in [0.2, 0.25) is 10.0 Å². The Morgan fingerprint density at radius 2 is 1.79 bits per heavy atom. The van der Waals surface area contributed by atoms with E-state index < -0.39 is 10.0 Å². The van der Waals surface area contributed by atoms with Crippen molar-refractivity contribution in [1.82, 2.24) is 14.2 Å². The number of nitrogens with zero attached hydrogens (tertiary/aromatic N) is 3. The Balaban J connectivity index is 1.54. The molecule has 0 radical (unpaired) electrons. The molecule has 1 amide bonds. The van der Waals surface area contributed by atoms with Gasteiger partial charge in [0.05, 0.1) is 24.2 Å². The highest BCUT2D eigenvalue weighted by atomic mass is 32.2. The molecule has 2 aliphatic heterocycles. The van der Waals surface area contributed by atoms with E-state index >= 15 is 0 Å². The molecule has 29 heavy (non-hydrogen) atoms. The van der Waals surface area contributed by atoms with E-state index in [1.54, 1.807) is 18.3 Å². The monoisotopic (exact) mass is 415 g/mol. The molecule has 1 aromatic carbocycles. The lowest BCUT2D eigenvalue weighted by molar-refractivity contribution is 0.0611. The lowest BCUT2D eigenvalue weighted by Gasteiger charge is -2.36. The van der Waals surface area contributed by atoms with Gasteiger partial charge < -0.3 is 9.64 Å². The molecule has 0 aliphatic carbocycles. The molecule has 4 rings (SSSR count). The average Bonchev–Trinajstić information content (AvgIpc) is 2.80. The lowest BCUT2D eigenvalue weighted by Crippen LogP contribution is -2.40. The number of morpholine rings is 1. The maximum absolute atomic E-state index is 13.2. The van der Waals surface area contributed by atoms with Crippen LogP contribution in [0.1, 0.15) is 41.2 Å². The second-order valence-corrected chi connectivity index (χ2v) is 9.28. The van der Waals surface area contributed by atoms with E-state index in [1.807, 2.05) is 23.2 Å². The normalized spacial score (nSPS) is 21.1. The molecule has 0 bridgehead atoms. The second-order valence-electron chi connectivity index (χ2n) is 7.34. The van der Waals surface area contributed by atoms with Crippen molar-refractivity contribution >= 4 is 15.9 Å². The number of aromatic nitrogens is 1. The Morgan fingerprint density at radius 3 is 2.48 bits per heavy atom. The van der Waals surface area contributed by atoms with Crippen LogP contribution in [0.25, 0.3) is 0 Å². The van der Waals surface area contributed by atoms with Crippen LogP contribution in [0, 0.1) is 0 Å². The number of sulfonamides is 1. The van der Waals surface area contributed by atoms with E-state index in [4.69, 9.17) is 4.74 Å². The van der Waals surface area contributed by atoms with Gasteiger partial charge in [-0.2, -0.15) is 4.31 Å². The van der Waals surface area contributed by atoms with Crippen molar-refractivity contribution in [3.8, 4) is 0 Å². The molecule has 7 nitrogen and oxygen atoms in total. The number of benzene rings is 1. The Bertz CT molecular complexity index is 942. The third-order valence-electron chi connectivity index (χ3n) is 5.54. The summed E-state index contributed by atoms with van der Waals surface area (Å²) in [6.07, 6.45) is 6.48. The van der Waals surface area contributed by atoms with E-state index in [-0.39, 0.29) is 16.8 Å². The van der Waals surface area contributed by atoms with Gasteiger partial charge in [-0.3, -0.25) is 9.78 Å². The summed E-state index contributed by atoms with van der Waals surface area (Å²) in [6, 6.07) is 10.2. The highest BCUT2D eigenvalue weighted by Gasteiger charge is 2.30. The van der Waals surface area contributed by atoms with Crippen LogP contribution in [0.4, 0.5) is 0 Å². The number of hydrogen-bond donors (Lipinski definition) is 0. The summed E-state index contributed by atoms with van der Waals surface area (Å²) in [6.45, 7) is 2.19. The first-order valence-corrected chi connectivity index (χ1v) is 11.4. The summed E-state index contributed by atoms with van der Waals surface area (Å²) in [5, 5.41) is 0. The predicted octanol–water partition coefficient (Wildman–Crippen LogP) is 2.47. The molecular weight excluding hydrogens is 390 g/mol. The zero-order chi connectivity index (χ0) is 20.3. The second kappa shape index (κ2) is 8.61. The van der Waals surface area contributed by atoms with Gasteiger partial charge in [0.15, 0.2) is 0 Å². The largest absolute Gasteiger partial charge is 0.379 e. The van der Waals surface area contributed by atoms with Crippen LogP contribution < -0.4 is 0 Å². The minimum absolute atomic E-state index is 0.00158. The first-order valence-electron chi connectivity index (χ1n) is 9.96. The molecule has 8 heteroatoms. The standard InChI is InChI=1S/C21H25N3O4S/c25-21(24-11-2-1-5-20(24)18-4-3-10-22-16-18)17-6-8-19(9-7-17)29(26,27)23-12-14-28-15-13-23/h3-4,6-10,16,20H,1-2,5,11-15H2. The molecule has 2 aliphatic rings. The molecule has 154 valence electrons. The van der Waals surface area contributed by atoms with E-state index in [0.29, 0.717) is 38.4 Å². The van der Waals surface area contributed by atoms with Gasteiger partial charge in [-0.05, 0) is 55.2 Å². The molecule has 2 saturated heterocycles. The SMILES string of the molecule is O=C(c1ccc(S(=O)(=O)N2CCOCC2)cc1)N1CCCCC1c1cccnc1. The lowest BCUT2D eigenvalue weighted by atomic mass is 9.95. The van der Waals surface area contributed by atoms with Crippen LogP contribution >= 0.6 is 0 Å². The van der Waals surface area contributed by atoms with Crippen LogP contribution in [0.3, 0.4) is 0 Å². The van der Waals surface area contributed by atoms with Crippen LogP contribution in [0.5, 0.6) is 0 Å². The number of carbonyl (C=O) groups is 1. The summed E-state index contributed by atoms with van der Waals surface area (Å²) in [5.41, 5.74) is 1.54. The smallest absolute Gasteiger partial charge is 0.254 e. The number of rotatable bonds is 4. The fraction of sp³-hybridized carbons (Fsp3) is 0.429. The van der Waals surface area contributed by atoms with Gasteiger partial charge in [-0.25, -0.2) is 8.42 Å². The van der Waals surface area contributed by atoms with Gasteiger partial charge >= 0.3 is 0 Å². The van der Waals surface area contributed by atoms with Crippen LogP contribution in [0.15, 0.2) is 53.7 Å². The van der Waals surface area contributed by atoms with Crippen LogP contribution in [-0.2, 0) is 14.8 Å². The molecular formula is C21H25N3O4S. The summed E-state index contributed by atoms with van der Waals surface area (Å²) >= 11 is 0. The number of hydrogen-bond acceptors (Lipinski definition) is 5.